The van der Waals surface area contributed by atoms with Gasteiger partial charge in [-0.05, 0) is 43.7 Å². The van der Waals surface area contributed by atoms with Crippen molar-refractivity contribution in [2.75, 3.05) is 7.11 Å². The van der Waals surface area contributed by atoms with Crippen molar-refractivity contribution in [1.82, 2.24) is 4.98 Å². The Bertz CT molecular complexity index is 1030. The summed E-state index contributed by atoms with van der Waals surface area (Å²) in [5.41, 5.74) is 1.61. The molecule has 1 heterocycles. The van der Waals surface area contributed by atoms with Crippen LogP contribution in [-0.4, -0.2) is 23.1 Å². The minimum Gasteiger partial charge on any atom is -0.493 e. The Kier molecular flexibility index (Phi) is 5.32. The third-order valence-electron chi connectivity index (χ3n) is 3.62. The first-order valence-electron chi connectivity index (χ1n) is 8.14. The van der Waals surface area contributed by atoms with Crippen LogP contribution >= 0.6 is 11.6 Å². The van der Waals surface area contributed by atoms with Crippen molar-refractivity contribution in [2.24, 2.45) is 0 Å². The van der Waals surface area contributed by atoms with Crippen LogP contribution in [0.15, 0.2) is 34.7 Å². The molecule has 0 saturated heterocycles. The first-order valence-corrected chi connectivity index (χ1v) is 8.52. The van der Waals surface area contributed by atoms with E-state index in [1.807, 2.05) is 13.8 Å². The summed E-state index contributed by atoms with van der Waals surface area (Å²) >= 11 is 6.31. The summed E-state index contributed by atoms with van der Waals surface area (Å²) in [4.78, 5) is 14.6. The lowest BCUT2D eigenvalue weighted by molar-refractivity contribution is -0.384. The average Bonchev–Trinajstić information content (AvgIpc) is 3.03. The summed E-state index contributed by atoms with van der Waals surface area (Å²) in [5, 5.41) is 11.3. The molecular weight excluding hydrogens is 372 g/mol. The molecule has 2 aromatic carbocycles. The Morgan fingerprint density at radius 3 is 2.70 bits per heavy atom. The fourth-order valence-electron chi connectivity index (χ4n) is 2.47. The Morgan fingerprint density at radius 1 is 1.26 bits per heavy atom. The number of hydrogen-bond acceptors (Lipinski definition) is 6. The lowest BCUT2D eigenvalue weighted by atomic mass is 10.2. The Labute approximate surface area is 160 Å². The van der Waals surface area contributed by atoms with Gasteiger partial charge in [0.05, 0.1) is 23.2 Å². The Balaban J connectivity index is 1.90. The number of hydrogen-bond donors (Lipinski definition) is 0. The van der Waals surface area contributed by atoms with E-state index in [9.17, 15) is 10.1 Å². The van der Waals surface area contributed by atoms with Gasteiger partial charge in [-0.1, -0.05) is 11.6 Å². The average molecular weight is 389 g/mol. The summed E-state index contributed by atoms with van der Waals surface area (Å²) in [5.74, 6) is 1.33. The summed E-state index contributed by atoms with van der Waals surface area (Å²) < 4.78 is 16.6. The molecule has 0 spiro atoms. The SMILES string of the molecule is COc1cc(/C=C/c2nc3cc([N+](=O)[O-])ccc3o2)cc(Cl)c1OC(C)C. The minimum absolute atomic E-state index is 0.0383. The number of non-ortho nitro benzene ring substituents is 1. The van der Waals surface area contributed by atoms with Crippen LogP contribution in [0.25, 0.3) is 23.3 Å². The van der Waals surface area contributed by atoms with E-state index in [0.29, 0.717) is 33.5 Å². The zero-order valence-electron chi connectivity index (χ0n) is 14.9. The standard InChI is InChI=1S/C19H17ClN2O5/c1-11(2)26-19-14(20)8-12(9-17(19)25-3)4-7-18-21-15-10-13(22(23)24)5-6-16(15)27-18/h4-11H,1-3H3/b7-4+. The van der Waals surface area contributed by atoms with Gasteiger partial charge < -0.3 is 13.9 Å². The van der Waals surface area contributed by atoms with E-state index in [1.165, 1.54) is 18.2 Å². The summed E-state index contributed by atoms with van der Waals surface area (Å²) in [7, 11) is 1.54. The number of oxazole rings is 1. The minimum atomic E-state index is -0.474. The lowest BCUT2D eigenvalue weighted by Gasteiger charge is -2.15. The van der Waals surface area contributed by atoms with Crippen LogP contribution in [0.1, 0.15) is 25.3 Å². The molecule has 0 fully saturated rings. The van der Waals surface area contributed by atoms with Gasteiger partial charge >= 0.3 is 0 Å². The molecule has 3 aromatic rings. The highest BCUT2D eigenvalue weighted by Crippen LogP contribution is 2.37. The molecule has 0 radical (unpaired) electrons. The fraction of sp³-hybridized carbons (Fsp3) is 0.211. The number of aromatic nitrogens is 1. The van der Waals surface area contributed by atoms with E-state index in [1.54, 1.807) is 31.4 Å². The number of nitro benzene ring substituents is 1. The summed E-state index contributed by atoms with van der Waals surface area (Å²) in [6, 6.07) is 7.79. The highest BCUT2D eigenvalue weighted by atomic mass is 35.5. The molecule has 0 aliphatic heterocycles. The molecule has 1 aromatic heterocycles. The van der Waals surface area contributed by atoms with Gasteiger partial charge in [0, 0.05) is 18.2 Å². The molecule has 8 heteroatoms. The second-order valence-corrected chi connectivity index (χ2v) is 6.40. The van der Waals surface area contributed by atoms with Crippen molar-refractivity contribution in [1.29, 1.82) is 0 Å². The van der Waals surface area contributed by atoms with E-state index < -0.39 is 4.92 Å². The van der Waals surface area contributed by atoms with Crippen LogP contribution in [0.3, 0.4) is 0 Å². The molecule has 140 valence electrons. The maximum atomic E-state index is 10.8. The monoisotopic (exact) mass is 388 g/mol. The van der Waals surface area contributed by atoms with Gasteiger partial charge in [-0.15, -0.1) is 0 Å². The quantitative estimate of drug-likeness (QED) is 0.417. The molecule has 0 atom stereocenters. The normalized spacial score (nSPS) is 11.4. The molecule has 0 bridgehead atoms. The number of nitro groups is 1. The lowest BCUT2D eigenvalue weighted by Crippen LogP contribution is -2.07. The van der Waals surface area contributed by atoms with E-state index in [0.717, 1.165) is 5.56 Å². The topological polar surface area (TPSA) is 87.6 Å². The number of fused-ring (bicyclic) bond motifs is 1. The zero-order chi connectivity index (χ0) is 19.6. The summed E-state index contributed by atoms with van der Waals surface area (Å²) in [6.07, 6.45) is 3.37. The molecule has 0 aliphatic rings. The number of benzene rings is 2. The van der Waals surface area contributed by atoms with Crippen LogP contribution in [0.5, 0.6) is 11.5 Å². The fourth-order valence-corrected chi connectivity index (χ4v) is 2.74. The number of rotatable bonds is 6. The van der Waals surface area contributed by atoms with E-state index in [-0.39, 0.29) is 11.8 Å². The molecule has 0 aliphatic carbocycles. The number of ether oxygens (including phenoxy) is 2. The summed E-state index contributed by atoms with van der Waals surface area (Å²) in [6.45, 7) is 3.81. The molecule has 0 amide bonds. The van der Waals surface area contributed by atoms with E-state index >= 15 is 0 Å². The Morgan fingerprint density at radius 2 is 2.04 bits per heavy atom. The van der Waals surface area contributed by atoms with Crippen LogP contribution in [0.4, 0.5) is 5.69 Å². The van der Waals surface area contributed by atoms with Crippen molar-refractivity contribution in [3.05, 3.63) is 56.9 Å². The predicted molar refractivity (Wildman–Crippen MR) is 103 cm³/mol. The first-order chi connectivity index (χ1) is 12.9. The van der Waals surface area contributed by atoms with Crippen molar-refractivity contribution >= 4 is 40.5 Å². The van der Waals surface area contributed by atoms with Gasteiger partial charge in [0.1, 0.15) is 5.52 Å². The number of halogens is 1. The number of methoxy groups -OCH3 is 1. The van der Waals surface area contributed by atoms with Gasteiger partial charge in [-0.25, -0.2) is 4.98 Å². The molecular formula is C19H17ClN2O5. The first kappa shape index (κ1) is 18.7. The van der Waals surface area contributed by atoms with Crippen molar-refractivity contribution < 1.29 is 18.8 Å². The molecule has 3 rings (SSSR count). The maximum Gasteiger partial charge on any atom is 0.271 e. The second kappa shape index (κ2) is 7.67. The van der Waals surface area contributed by atoms with E-state index in [2.05, 4.69) is 4.98 Å². The molecule has 0 saturated carbocycles. The second-order valence-electron chi connectivity index (χ2n) is 6.00. The van der Waals surface area contributed by atoms with Gasteiger partial charge in [0.15, 0.2) is 17.1 Å². The van der Waals surface area contributed by atoms with Crippen LogP contribution in [0.2, 0.25) is 5.02 Å². The molecule has 0 unspecified atom stereocenters. The largest absolute Gasteiger partial charge is 0.493 e. The third-order valence-corrected chi connectivity index (χ3v) is 3.90. The Hall–Kier alpha value is -3.06. The van der Waals surface area contributed by atoms with Crippen LogP contribution in [0, 0.1) is 10.1 Å². The molecule has 0 N–H and O–H groups in total. The van der Waals surface area contributed by atoms with Gasteiger partial charge in [0.25, 0.3) is 5.69 Å². The van der Waals surface area contributed by atoms with Gasteiger partial charge in [0.2, 0.25) is 5.89 Å². The predicted octanol–water partition coefficient (Wildman–Crippen LogP) is 5.36. The van der Waals surface area contributed by atoms with Gasteiger partial charge in [-0.2, -0.15) is 0 Å². The smallest absolute Gasteiger partial charge is 0.271 e. The zero-order valence-corrected chi connectivity index (χ0v) is 15.7. The van der Waals surface area contributed by atoms with Crippen LogP contribution < -0.4 is 9.47 Å². The number of nitrogens with zero attached hydrogens (tertiary/aromatic N) is 2. The highest BCUT2D eigenvalue weighted by molar-refractivity contribution is 6.32. The highest BCUT2D eigenvalue weighted by Gasteiger charge is 2.13. The van der Waals surface area contributed by atoms with Crippen molar-refractivity contribution in [2.45, 2.75) is 20.0 Å². The van der Waals surface area contributed by atoms with Gasteiger partial charge in [-0.3, -0.25) is 10.1 Å². The van der Waals surface area contributed by atoms with E-state index in [4.69, 9.17) is 25.5 Å². The molecule has 7 nitrogen and oxygen atoms in total. The van der Waals surface area contributed by atoms with Crippen molar-refractivity contribution in [3.8, 4) is 11.5 Å². The molecule has 27 heavy (non-hydrogen) atoms. The van der Waals surface area contributed by atoms with Crippen LogP contribution in [-0.2, 0) is 0 Å². The third kappa shape index (κ3) is 4.20. The maximum absolute atomic E-state index is 10.8. The van der Waals surface area contributed by atoms with Crippen molar-refractivity contribution in [3.63, 3.8) is 0 Å².